The van der Waals surface area contributed by atoms with Crippen molar-refractivity contribution >= 4 is 27.1 Å². The molecule has 0 amide bonds. The average molecular weight is 606 g/mol. The number of aryl methyl sites for hydroxylation is 1. The molecule has 2 heterocycles. The maximum Gasteiger partial charge on any atom is 0.426 e. The third kappa shape index (κ3) is 7.24. The van der Waals surface area contributed by atoms with Crippen molar-refractivity contribution in [1.82, 2.24) is 0 Å². The summed E-state index contributed by atoms with van der Waals surface area (Å²) in [6.07, 6.45) is -3.84. The summed E-state index contributed by atoms with van der Waals surface area (Å²) in [6.45, 7) is 5.07. The molecule has 43 heavy (non-hydrogen) atoms. The summed E-state index contributed by atoms with van der Waals surface area (Å²) in [6, 6.07) is 18.2. The first-order chi connectivity index (χ1) is 20.8. The van der Waals surface area contributed by atoms with E-state index in [1.54, 1.807) is 51.3 Å². The number of fused-ring (bicyclic) bond motifs is 1. The maximum absolute atomic E-state index is 14.2. The normalized spacial score (nSPS) is 13.5. The van der Waals surface area contributed by atoms with Gasteiger partial charge in [-0.2, -0.15) is 18.3 Å². The van der Waals surface area contributed by atoms with Crippen LogP contribution in [-0.2, 0) is 17.5 Å². The Hall–Kier alpha value is -4.20. The van der Waals surface area contributed by atoms with E-state index < -0.39 is 11.1 Å². The van der Waals surface area contributed by atoms with Gasteiger partial charge in [0.25, 0.3) is 0 Å². The van der Waals surface area contributed by atoms with E-state index in [-0.39, 0.29) is 18.1 Å². The van der Waals surface area contributed by atoms with Crippen LogP contribution in [0.25, 0.3) is 21.2 Å². The van der Waals surface area contributed by atoms with E-state index in [1.165, 1.54) is 0 Å². The zero-order chi connectivity index (χ0) is 30.4. The van der Waals surface area contributed by atoms with Gasteiger partial charge in [-0.15, -0.1) is 22.4 Å². The lowest BCUT2D eigenvalue weighted by Crippen LogP contribution is -2.07. The van der Waals surface area contributed by atoms with Gasteiger partial charge in [0.05, 0.1) is 18.2 Å². The molecule has 0 radical (unpaired) electrons. The van der Waals surface area contributed by atoms with Crippen LogP contribution in [0.5, 0.6) is 11.5 Å². The molecule has 0 bridgehead atoms. The number of hydrogen-bond donors (Lipinski definition) is 0. The minimum atomic E-state index is -4.49. The molecule has 10 heteroatoms. The average Bonchev–Trinajstić information content (AvgIpc) is 3.64. The smallest absolute Gasteiger partial charge is 0.426 e. The molecule has 4 aromatic rings. The number of ether oxygens (including phenoxy) is 3. The number of methoxy groups -OCH3 is 1. The van der Waals surface area contributed by atoms with Crippen molar-refractivity contribution in [2.24, 2.45) is 15.4 Å². The van der Waals surface area contributed by atoms with Crippen molar-refractivity contribution < 1.29 is 27.4 Å². The Morgan fingerprint density at radius 2 is 1.77 bits per heavy atom. The van der Waals surface area contributed by atoms with Gasteiger partial charge in [0.15, 0.2) is 0 Å². The zero-order valence-corrected chi connectivity index (χ0v) is 24.8. The molecule has 0 saturated carbocycles. The molecule has 222 valence electrons. The van der Waals surface area contributed by atoms with Crippen molar-refractivity contribution in [2.75, 3.05) is 26.9 Å². The van der Waals surface area contributed by atoms with Crippen LogP contribution in [0.15, 0.2) is 76.1 Å². The van der Waals surface area contributed by atoms with Crippen LogP contribution in [0.4, 0.5) is 13.2 Å². The lowest BCUT2D eigenvalue weighted by atomic mass is 9.94. The van der Waals surface area contributed by atoms with Gasteiger partial charge in [-0.25, -0.2) is 0 Å². The van der Waals surface area contributed by atoms with Gasteiger partial charge in [0.1, 0.15) is 36.1 Å². The first kappa shape index (κ1) is 30.3. The summed E-state index contributed by atoms with van der Waals surface area (Å²) >= 11 is 0.753. The molecule has 6 nitrogen and oxygen atoms in total. The Morgan fingerprint density at radius 1 is 0.977 bits per heavy atom. The fourth-order valence-electron chi connectivity index (χ4n) is 4.92. The molecule has 0 spiro atoms. The van der Waals surface area contributed by atoms with Gasteiger partial charge in [-0.1, -0.05) is 30.2 Å². The molecule has 1 aromatic heterocycles. The predicted molar refractivity (Wildman–Crippen MR) is 163 cm³/mol. The van der Waals surface area contributed by atoms with Crippen LogP contribution in [0.2, 0.25) is 0 Å². The van der Waals surface area contributed by atoms with Crippen LogP contribution in [0.3, 0.4) is 0 Å². The first-order valence-corrected chi connectivity index (χ1v) is 14.5. The predicted octanol–water partition coefficient (Wildman–Crippen LogP) is 8.82. The Morgan fingerprint density at radius 3 is 2.44 bits per heavy atom. The molecular weight excluding hydrogens is 575 g/mol. The Labute approximate surface area is 252 Å². The van der Waals surface area contributed by atoms with Crippen LogP contribution < -0.4 is 9.47 Å². The second kappa shape index (κ2) is 13.4. The SMILES string of the molecule is CC#C[C@@H](CC1=NN=NC1)c1ccc(OCc2ccc3sc(C(F)(F)F)c(-c4ccc(OCCOC)cc4C)c3c2)cc1. The minimum Gasteiger partial charge on any atom is -0.491 e. The molecule has 0 fully saturated rings. The van der Waals surface area contributed by atoms with Crippen molar-refractivity contribution in [1.29, 1.82) is 0 Å². The molecule has 3 aromatic carbocycles. The lowest BCUT2D eigenvalue weighted by molar-refractivity contribution is -0.133. The fourth-order valence-corrected chi connectivity index (χ4v) is 5.99. The number of hydrogen-bond acceptors (Lipinski definition) is 7. The molecular formula is C33H30F3N3O3S. The Bertz CT molecular complexity index is 1720. The monoisotopic (exact) mass is 605 g/mol. The molecule has 0 saturated heterocycles. The summed E-state index contributed by atoms with van der Waals surface area (Å²) in [7, 11) is 1.58. The Kier molecular flexibility index (Phi) is 9.43. The van der Waals surface area contributed by atoms with E-state index in [4.69, 9.17) is 14.2 Å². The maximum atomic E-state index is 14.2. The van der Waals surface area contributed by atoms with E-state index in [1.807, 2.05) is 30.3 Å². The highest BCUT2D eigenvalue weighted by Gasteiger charge is 2.37. The van der Waals surface area contributed by atoms with E-state index in [0.717, 1.165) is 28.2 Å². The van der Waals surface area contributed by atoms with Crippen molar-refractivity contribution in [2.45, 2.75) is 39.0 Å². The minimum absolute atomic E-state index is 0.0296. The molecule has 0 aliphatic carbocycles. The number of benzene rings is 3. The summed E-state index contributed by atoms with van der Waals surface area (Å²) < 4.78 is 60.0. The number of nitrogens with zero attached hydrogens (tertiary/aromatic N) is 3. The molecule has 1 aliphatic rings. The molecule has 5 rings (SSSR count). The molecule has 0 unspecified atom stereocenters. The number of halogens is 3. The molecule has 1 atom stereocenters. The largest absolute Gasteiger partial charge is 0.491 e. The number of alkyl halides is 3. The topological polar surface area (TPSA) is 64.8 Å². The van der Waals surface area contributed by atoms with Crippen molar-refractivity contribution in [3.8, 4) is 34.5 Å². The first-order valence-electron chi connectivity index (χ1n) is 13.7. The number of rotatable bonds is 11. The van der Waals surface area contributed by atoms with Gasteiger partial charge in [-0.05, 0) is 77.7 Å². The number of thiophene rings is 1. The molecule has 0 N–H and O–H groups in total. The van der Waals surface area contributed by atoms with E-state index in [9.17, 15) is 13.2 Å². The summed E-state index contributed by atoms with van der Waals surface area (Å²) in [5.41, 5.74) is 4.08. The van der Waals surface area contributed by atoms with Crippen molar-refractivity contribution in [3.63, 3.8) is 0 Å². The summed E-state index contributed by atoms with van der Waals surface area (Å²) in [5.74, 6) is 7.41. The summed E-state index contributed by atoms with van der Waals surface area (Å²) in [4.78, 5) is -0.622. The quantitative estimate of drug-likeness (QED) is 0.127. The summed E-state index contributed by atoms with van der Waals surface area (Å²) in [5, 5.41) is 12.2. The second-order valence-corrected chi connectivity index (χ2v) is 11.1. The van der Waals surface area contributed by atoms with Gasteiger partial charge in [0.2, 0.25) is 0 Å². The van der Waals surface area contributed by atoms with Gasteiger partial charge in [-0.3, -0.25) is 0 Å². The van der Waals surface area contributed by atoms with Crippen LogP contribution in [0, 0.1) is 18.8 Å². The lowest BCUT2D eigenvalue weighted by Gasteiger charge is -2.14. The Balaban J connectivity index is 1.37. The van der Waals surface area contributed by atoms with E-state index >= 15 is 0 Å². The van der Waals surface area contributed by atoms with Gasteiger partial charge < -0.3 is 14.2 Å². The standard InChI is InChI=1S/C33H30F3N3O3S/c1-4-5-24(18-25-19-37-39-38-25)23-7-9-26(10-8-23)42-20-22-6-13-30-29(17-22)31(32(43-30)33(34,35)36)28-12-11-27(16-21(28)2)41-15-14-40-3/h6-13,16-17,24H,14-15,18-20H2,1-3H3/t24-/m0/s1. The third-order valence-corrected chi connectivity index (χ3v) is 8.20. The highest BCUT2D eigenvalue weighted by molar-refractivity contribution is 7.19. The van der Waals surface area contributed by atoms with Crippen LogP contribution >= 0.6 is 11.3 Å². The van der Waals surface area contributed by atoms with Gasteiger partial charge in [0, 0.05) is 29.2 Å². The fraction of sp³-hybridized carbons (Fsp3) is 0.303. The van der Waals surface area contributed by atoms with Crippen LogP contribution in [-0.4, -0.2) is 32.6 Å². The zero-order valence-electron chi connectivity index (χ0n) is 24.0. The van der Waals surface area contributed by atoms with Crippen LogP contribution in [0.1, 0.15) is 40.8 Å². The second-order valence-electron chi connectivity index (χ2n) is 10.0. The van der Waals surface area contributed by atoms with Crippen molar-refractivity contribution in [3.05, 3.63) is 82.2 Å². The van der Waals surface area contributed by atoms with Gasteiger partial charge >= 0.3 is 6.18 Å². The highest BCUT2D eigenvalue weighted by Crippen LogP contribution is 2.48. The highest BCUT2D eigenvalue weighted by atomic mass is 32.1. The van der Waals surface area contributed by atoms with E-state index in [2.05, 4.69) is 27.3 Å². The molecule has 1 aliphatic heterocycles. The third-order valence-electron chi connectivity index (χ3n) is 6.98. The van der Waals surface area contributed by atoms with E-state index in [0.29, 0.717) is 58.9 Å².